The van der Waals surface area contributed by atoms with E-state index in [-0.39, 0.29) is 11.6 Å². The Morgan fingerprint density at radius 3 is 2.65 bits per heavy atom. The third-order valence-electron chi connectivity index (χ3n) is 4.88. The van der Waals surface area contributed by atoms with E-state index < -0.39 is 0 Å². The summed E-state index contributed by atoms with van der Waals surface area (Å²) in [7, 11) is 0. The van der Waals surface area contributed by atoms with Crippen LogP contribution in [-0.4, -0.2) is 25.9 Å². The van der Waals surface area contributed by atoms with Crippen LogP contribution >= 0.6 is 34.5 Å². The largest absolute Gasteiger partial charge is 0.296 e. The molecule has 4 aromatic rings. The highest BCUT2D eigenvalue weighted by molar-refractivity contribution is 7.15. The summed E-state index contributed by atoms with van der Waals surface area (Å²) in [6, 6.07) is 13.2. The van der Waals surface area contributed by atoms with Gasteiger partial charge in [-0.15, -0.1) is 16.4 Å². The lowest BCUT2D eigenvalue weighted by Crippen LogP contribution is -2.14. The van der Waals surface area contributed by atoms with Crippen LogP contribution in [0.5, 0.6) is 0 Å². The molecule has 2 aromatic carbocycles. The average molecular weight is 472 g/mol. The first-order valence-corrected chi connectivity index (χ1v) is 11.1. The fourth-order valence-electron chi connectivity index (χ4n) is 3.21. The predicted molar refractivity (Wildman–Crippen MR) is 125 cm³/mol. The van der Waals surface area contributed by atoms with Gasteiger partial charge in [-0.2, -0.15) is 0 Å². The Bertz CT molecular complexity index is 1280. The van der Waals surface area contributed by atoms with Gasteiger partial charge in [0, 0.05) is 21.3 Å². The number of rotatable bonds is 5. The Labute approximate surface area is 193 Å². The van der Waals surface area contributed by atoms with Gasteiger partial charge in [0.15, 0.2) is 10.8 Å². The van der Waals surface area contributed by atoms with E-state index in [9.17, 15) is 4.79 Å². The van der Waals surface area contributed by atoms with Gasteiger partial charge in [-0.25, -0.2) is 9.67 Å². The topological polar surface area (TPSA) is 72.7 Å². The molecule has 1 N–H and O–H groups in total. The summed E-state index contributed by atoms with van der Waals surface area (Å²) < 4.78 is 1.62. The number of aromatic nitrogens is 4. The molecule has 2 aromatic heterocycles. The Hall–Kier alpha value is -2.74. The summed E-state index contributed by atoms with van der Waals surface area (Å²) in [6.45, 7) is 5.68. The molecular formula is C22H19Cl2N5OS. The maximum atomic E-state index is 12.9. The van der Waals surface area contributed by atoms with Crippen LogP contribution in [0.4, 0.5) is 5.13 Å². The van der Waals surface area contributed by atoms with Gasteiger partial charge in [0.1, 0.15) is 0 Å². The van der Waals surface area contributed by atoms with Crippen LogP contribution in [0, 0.1) is 20.8 Å². The van der Waals surface area contributed by atoms with E-state index in [2.05, 4.69) is 20.6 Å². The Morgan fingerprint density at radius 2 is 1.87 bits per heavy atom. The first-order valence-electron chi connectivity index (χ1n) is 9.52. The van der Waals surface area contributed by atoms with Crippen LogP contribution in [0.1, 0.15) is 37.9 Å². The van der Waals surface area contributed by atoms with Crippen molar-refractivity contribution in [2.45, 2.75) is 27.2 Å². The van der Waals surface area contributed by atoms with Crippen molar-refractivity contribution in [2.24, 2.45) is 0 Å². The third kappa shape index (κ3) is 4.63. The van der Waals surface area contributed by atoms with E-state index in [0.29, 0.717) is 27.3 Å². The lowest BCUT2D eigenvalue weighted by atomic mass is 10.1. The maximum Gasteiger partial charge on any atom is 0.279 e. The minimum absolute atomic E-state index is 0.239. The molecule has 0 fully saturated rings. The number of benzene rings is 2. The molecule has 0 bridgehead atoms. The zero-order chi connectivity index (χ0) is 22.1. The molecule has 0 aliphatic carbocycles. The molecule has 0 aliphatic rings. The molecule has 0 radical (unpaired) electrons. The van der Waals surface area contributed by atoms with Gasteiger partial charge in [0.2, 0.25) is 0 Å². The van der Waals surface area contributed by atoms with Crippen LogP contribution in [0.3, 0.4) is 0 Å². The van der Waals surface area contributed by atoms with Gasteiger partial charge in [0.05, 0.1) is 17.1 Å². The fourth-order valence-corrected chi connectivity index (χ4v) is 4.58. The zero-order valence-electron chi connectivity index (χ0n) is 17.1. The second kappa shape index (κ2) is 8.78. The third-order valence-corrected chi connectivity index (χ3v) is 6.42. The number of nitrogens with zero attached hydrogens (tertiary/aromatic N) is 4. The summed E-state index contributed by atoms with van der Waals surface area (Å²) in [4.78, 5) is 18.4. The summed E-state index contributed by atoms with van der Waals surface area (Å²) in [5.74, 6) is -0.355. The van der Waals surface area contributed by atoms with E-state index in [4.69, 9.17) is 23.2 Å². The van der Waals surface area contributed by atoms with E-state index in [0.717, 1.165) is 27.4 Å². The minimum atomic E-state index is -0.355. The minimum Gasteiger partial charge on any atom is -0.296 e. The molecule has 0 spiro atoms. The van der Waals surface area contributed by atoms with Gasteiger partial charge >= 0.3 is 0 Å². The predicted octanol–water partition coefficient (Wildman–Crippen LogP) is 5.80. The molecule has 0 unspecified atom stereocenters. The van der Waals surface area contributed by atoms with Gasteiger partial charge in [-0.3, -0.25) is 10.1 Å². The number of aryl methyl sites for hydroxylation is 2. The standard InChI is InChI=1S/C22H19Cl2N5OS/c1-12-7-8-17(24)11-18(12)29-14(3)20(27-28-29)21(30)26-22-25-13(2)19(31-22)10-15-5-4-6-16(23)9-15/h4-9,11H,10H2,1-3H3,(H,25,26,30). The lowest BCUT2D eigenvalue weighted by molar-refractivity contribution is 0.102. The first kappa shape index (κ1) is 21.5. The number of amides is 1. The summed E-state index contributed by atoms with van der Waals surface area (Å²) in [6.07, 6.45) is 0.698. The molecule has 4 rings (SSSR count). The maximum absolute atomic E-state index is 12.9. The van der Waals surface area contributed by atoms with Crippen LogP contribution in [0.25, 0.3) is 5.69 Å². The number of hydrogen-bond acceptors (Lipinski definition) is 5. The first-order chi connectivity index (χ1) is 14.8. The summed E-state index contributed by atoms with van der Waals surface area (Å²) >= 11 is 13.6. The average Bonchev–Trinajstić information content (AvgIpc) is 3.26. The molecule has 0 atom stereocenters. The second-order valence-electron chi connectivity index (χ2n) is 7.15. The molecule has 6 nitrogen and oxygen atoms in total. The molecule has 1 amide bonds. The SMILES string of the molecule is Cc1ccc(Cl)cc1-n1nnc(C(=O)Nc2nc(C)c(Cc3cccc(Cl)c3)s2)c1C. The van der Waals surface area contributed by atoms with Crippen LogP contribution in [-0.2, 0) is 6.42 Å². The molecule has 31 heavy (non-hydrogen) atoms. The number of halogens is 2. The van der Waals surface area contributed by atoms with Crippen molar-refractivity contribution in [3.63, 3.8) is 0 Å². The van der Waals surface area contributed by atoms with E-state index in [1.165, 1.54) is 11.3 Å². The number of hydrogen-bond donors (Lipinski definition) is 1. The highest BCUT2D eigenvalue weighted by Crippen LogP contribution is 2.27. The van der Waals surface area contributed by atoms with E-state index in [1.54, 1.807) is 17.7 Å². The van der Waals surface area contributed by atoms with Crippen LogP contribution < -0.4 is 5.32 Å². The Morgan fingerprint density at radius 1 is 1.10 bits per heavy atom. The zero-order valence-corrected chi connectivity index (χ0v) is 19.4. The molecule has 0 aliphatic heterocycles. The molecular weight excluding hydrogens is 453 g/mol. The van der Waals surface area contributed by atoms with Crippen molar-refractivity contribution in [1.29, 1.82) is 0 Å². The van der Waals surface area contributed by atoms with Gasteiger partial charge in [-0.05, 0) is 56.2 Å². The number of carbonyl (C=O) groups is 1. The van der Waals surface area contributed by atoms with Crippen LogP contribution in [0.15, 0.2) is 42.5 Å². The molecule has 0 saturated carbocycles. The quantitative estimate of drug-likeness (QED) is 0.399. The number of nitrogens with one attached hydrogen (secondary N) is 1. The van der Waals surface area contributed by atoms with Crippen molar-refractivity contribution in [2.75, 3.05) is 5.32 Å². The van der Waals surface area contributed by atoms with Gasteiger partial charge < -0.3 is 0 Å². The molecule has 0 saturated heterocycles. The van der Waals surface area contributed by atoms with Gasteiger partial charge in [-0.1, -0.05) is 46.6 Å². The van der Waals surface area contributed by atoms with Crippen LogP contribution in [0.2, 0.25) is 10.0 Å². The van der Waals surface area contributed by atoms with Crippen molar-refractivity contribution in [3.8, 4) is 5.69 Å². The highest BCUT2D eigenvalue weighted by atomic mass is 35.5. The van der Waals surface area contributed by atoms with Crippen molar-refractivity contribution in [3.05, 3.63) is 85.6 Å². The van der Waals surface area contributed by atoms with Crippen molar-refractivity contribution in [1.82, 2.24) is 20.0 Å². The van der Waals surface area contributed by atoms with E-state index in [1.807, 2.05) is 50.2 Å². The van der Waals surface area contributed by atoms with Crippen molar-refractivity contribution < 1.29 is 4.79 Å². The van der Waals surface area contributed by atoms with Crippen molar-refractivity contribution >= 4 is 45.6 Å². The fraction of sp³-hybridized carbons (Fsp3) is 0.182. The van der Waals surface area contributed by atoms with Gasteiger partial charge in [0.25, 0.3) is 5.91 Å². The lowest BCUT2D eigenvalue weighted by Gasteiger charge is -2.07. The normalized spacial score (nSPS) is 11.0. The monoisotopic (exact) mass is 471 g/mol. The Kier molecular flexibility index (Phi) is 6.09. The highest BCUT2D eigenvalue weighted by Gasteiger charge is 2.20. The summed E-state index contributed by atoms with van der Waals surface area (Å²) in [5.41, 5.74) is 4.58. The number of anilines is 1. The molecule has 158 valence electrons. The summed E-state index contributed by atoms with van der Waals surface area (Å²) in [5, 5.41) is 12.9. The Balaban J connectivity index is 1.54. The number of carbonyl (C=O) groups excluding carboxylic acids is 1. The second-order valence-corrected chi connectivity index (χ2v) is 9.11. The molecule has 2 heterocycles. The smallest absolute Gasteiger partial charge is 0.279 e. The van der Waals surface area contributed by atoms with E-state index >= 15 is 0 Å². The molecule has 9 heteroatoms. The number of thiazole rings is 1.